The van der Waals surface area contributed by atoms with Gasteiger partial charge in [-0.1, -0.05) is 11.6 Å². The quantitative estimate of drug-likeness (QED) is 0.680. The molecule has 0 aromatic heterocycles. The first-order valence-corrected chi connectivity index (χ1v) is 9.77. The summed E-state index contributed by atoms with van der Waals surface area (Å²) < 4.78 is 32.2. The number of sulfonamides is 1. The van der Waals surface area contributed by atoms with Gasteiger partial charge in [-0.25, -0.2) is 8.42 Å². The van der Waals surface area contributed by atoms with Crippen molar-refractivity contribution in [3.05, 3.63) is 47.5 Å². The van der Waals surface area contributed by atoms with E-state index in [-0.39, 0.29) is 27.3 Å². The Balaban J connectivity index is 2.54. The Morgan fingerprint density at radius 3 is 2.30 bits per heavy atom. The van der Waals surface area contributed by atoms with Crippen molar-refractivity contribution in [2.75, 3.05) is 23.3 Å². The van der Waals surface area contributed by atoms with Crippen LogP contribution >= 0.6 is 23.2 Å². The summed E-state index contributed by atoms with van der Waals surface area (Å²) in [5.74, 6) is -0.0839. The van der Waals surface area contributed by atoms with Crippen molar-refractivity contribution in [1.29, 1.82) is 0 Å². The van der Waals surface area contributed by atoms with Gasteiger partial charge in [0.05, 0.1) is 17.7 Å². The van der Waals surface area contributed by atoms with Crippen LogP contribution in [0.1, 0.15) is 6.92 Å². The van der Waals surface area contributed by atoms with Gasteiger partial charge < -0.3 is 10.1 Å². The Morgan fingerprint density at radius 1 is 1.15 bits per heavy atom. The monoisotopic (exact) mass is 430 g/mol. The van der Waals surface area contributed by atoms with Crippen molar-refractivity contribution in [1.82, 2.24) is 0 Å². The van der Waals surface area contributed by atoms with E-state index in [9.17, 15) is 18.0 Å². The lowest BCUT2D eigenvalue weighted by atomic mass is 10.3. The fourth-order valence-electron chi connectivity index (χ4n) is 2.31. The Hall–Kier alpha value is -2.29. The highest BCUT2D eigenvalue weighted by atomic mass is 35.5. The second kappa shape index (κ2) is 8.60. The molecule has 0 radical (unpaired) electrons. The average Bonchev–Trinajstić information content (AvgIpc) is 2.59. The van der Waals surface area contributed by atoms with Gasteiger partial charge in [-0.05, 0) is 54.1 Å². The number of nitrogens with zero attached hydrogens (tertiary/aromatic N) is 1. The van der Waals surface area contributed by atoms with Crippen molar-refractivity contribution >= 4 is 55.7 Å². The number of hydrogen-bond acceptors (Lipinski definition) is 5. The number of benzene rings is 2. The van der Waals surface area contributed by atoms with Gasteiger partial charge in [0, 0.05) is 17.6 Å². The molecule has 1 N–H and O–H groups in total. The van der Waals surface area contributed by atoms with E-state index in [1.54, 1.807) is 0 Å². The number of hydrogen-bond donors (Lipinski definition) is 1. The van der Waals surface area contributed by atoms with E-state index in [0.29, 0.717) is 5.69 Å². The molecule has 0 aliphatic rings. The molecule has 10 heteroatoms. The molecule has 7 nitrogen and oxygen atoms in total. The number of halogens is 2. The van der Waals surface area contributed by atoms with E-state index in [2.05, 4.69) is 5.32 Å². The van der Waals surface area contributed by atoms with Crippen LogP contribution < -0.4 is 14.4 Å². The normalized spacial score (nSPS) is 11.0. The van der Waals surface area contributed by atoms with E-state index in [4.69, 9.17) is 27.9 Å². The van der Waals surface area contributed by atoms with E-state index in [0.717, 1.165) is 4.31 Å². The van der Waals surface area contributed by atoms with Crippen molar-refractivity contribution < 1.29 is 22.7 Å². The standard InChI is InChI=1S/C17H16Cl2N2O5S/c1-11(22)20-13-4-6-14(7-5-13)27(24,25)21(10-17(19)23)15-9-12(18)3-8-16(15)26-2/h3-9H,10H2,1-2H3,(H,20,22). The third-order valence-corrected chi connectivity index (χ3v) is 5.57. The third kappa shape index (κ3) is 5.12. The maximum atomic E-state index is 13.1. The van der Waals surface area contributed by atoms with Crippen LogP contribution in [0.15, 0.2) is 47.4 Å². The smallest absolute Gasteiger partial charge is 0.264 e. The summed E-state index contributed by atoms with van der Waals surface area (Å²) in [6.07, 6.45) is 0. The van der Waals surface area contributed by atoms with E-state index < -0.39 is 21.8 Å². The molecule has 2 aromatic carbocycles. The summed E-state index contributed by atoms with van der Waals surface area (Å²) >= 11 is 11.5. The van der Waals surface area contributed by atoms with Crippen LogP contribution in [0.3, 0.4) is 0 Å². The van der Waals surface area contributed by atoms with Crippen molar-refractivity contribution in [3.8, 4) is 5.75 Å². The third-order valence-electron chi connectivity index (χ3n) is 3.44. The number of ether oxygens (including phenoxy) is 1. The molecule has 144 valence electrons. The molecule has 0 heterocycles. The fourth-order valence-corrected chi connectivity index (χ4v) is 4.09. The molecule has 0 atom stereocenters. The topological polar surface area (TPSA) is 92.8 Å². The SMILES string of the molecule is COc1ccc(Cl)cc1N(CC(=O)Cl)S(=O)(=O)c1ccc(NC(C)=O)cc1. The molecule has 1 amide bonds. The Morgan fingerprint density at radius 2 is 1.78 bits per heavy atom. The van der Waals surface area contributed by atoms with Gasteiger partial charge in [0.15, 0.2) is 0 Å². The highest BCUT2D eigenvalue weighted by molar-refractivity contribution is 7.92. The van der Waals surface area contributed by atoms with E-state index in [1.807, 2.05) is 0 Å². The van der Waals surface area contributed by atoms with Gasteiger partial charge in [0.25, 0.3) is 10.0 Å². The van der Waals surface area contributed by atoms with Gasteiger partial charge in [0.1, 0.15) is 12.3 Å². The summed E-state index contributed by atoms with van der Waals surface area (Å²) in [5.41, 5.74) is 0.506. The first-order valence-electron chi connectivity index (χ1n) is 7.57. The predicted molar refractivity (Wildman–Crippen MR) is 104 cm³/mol. The van der Waals surface area contributed by atoms with Crippen LogP contribution in [-0.4, -0.2) is 33.2 Å². The molecule has 0 saturated heterocycles. The first kappa shape index (κ1) is 21.0. The molecule has 27 heavy (non-hydrogen) atoms. The molecule has 0 saturated carbocycles. The van der Waals surface area contributed by atoms with Crippen LogP contribution in [0.25, 0.3) is 0 Å². The molecule has 2 aromatic rings. The number of anilines is 2. The second-order valence-electron chi connectivity index (χ2n) is 5.39. The molecule has 0 aliphatic heterocycles. The number of rotatable bonds is 7. The Kier molecular flexibility index (Phi) is 6.69. The summed E-state index contributed by atoms with van der Waals surface area (Å²) in [7, 11) is -2.80. The number of methoxy groups -OCH3 is 1. The maximum absolute atomic E-state index is 13.1. The van der Waals surface area contributed by atoms with Crippen LogP contribution in [0.2, 0.25) is 5.02 Å². The Labute approximate surface area is 166 Å². The van der Waals surface area contributed by atoms with Crippen LogP contribution in [-0.2, 0) is 19.6 Å². The van der Waals surface area contributed by atoms with Gasteiger partial charge in [-0.2, -0.15) is 0 Å². The second-order valence-corrected chi connectivity index (χ2v) is 8.11. The minimum absolute atomic E-state index is 0.0740. The summed E-state index contributed by atoms with van der Waals surface area (Å²) in [5, 5.41) is 1.92. The molecular formula is C17H16Cl2N2O5S. The minimum atomic E-state index is -4.17. The highest BCUT2D eigenvalue weighted by Gasteiger charge is 2.29. The van der Waals surface area contributed by atoms with Crippen molar-refractivity contribution in [3.63, 3.8) is 0 Å². The average molecular weight is 431 g/mol. The lowest BCUT2D eigenvalue weighted by molar-refractivity contribution is -0.114. The zero-order valence-electron chi connectivity index (χ0n) is 14.4. The number of nitrogens with one attached hydrogen (secondary N) is 1. The first-order chi connectivity index (χ1) is 12.6. The van der Waals surface area contributed by atoms with E-state index in [1.165, 1.54) is 56.5 Å². The van der Waals surface area contributed by atoms with Gasteiger partial charge in [-0.3, -0.25) is 13.9 Å². The van der Waals surface area contributed by atoms with Crippen LogP contribution in [0.5, 0.6) is 5.75 Å². The van der Waals surface area contributed by atoms with Gasteiger partial charge in [0.2, 0.25) is 11.1 Å². The summed E-state index contributed by atoms with van der Waals surface area (Å²) in [6.45, 7) is 0.720. The summed E-state index contributed by atoms with van der Waals surface area (Å²) in [4.78, 5) is 22.5. The highest BCUT2D eigenvalue weighted by Crippen LogP contribution is 2.35. The largest absolute Gasteiger partial charge is 0.495 e. The molecule has 0 unspecified atom stereocenters. The lowest BCUT2D eigenvalue weighted by Gasteiger charge is -2.25. The molecule has 0 spiro atoms. The maximum Gasteiger partial charge on any atom is 0.264 e. The van der Waals surface area contributed by atoms with Gasteiger partial charge in [-0.15, -0.1) is 0 Å². The number of carbonyl (C=O) groups excluding carboxylic acids is 2. The van der Waals surface area contributed by atoms with Crippen LogP contribution in [0, 0.1) is 0 Å². The van der Waals surface area contributed by atoms with Gasteiger partial charge >= 0.3 is 0 Å². The molecule has 2 rings (SSSR count). The van der Waals surface area contributed by atoms with Crippen molar-refractivity contribution in [2.45, 2.75) is 11.8 Å². The fraction of sp³-hybridized carbons (Fsp3) is 0.176. The zero-order valence-corrected chi connectivity index (χ0v) is 16.7. The number of amides is 1. The zero-order chi connectivity index (χ0) is 20.2. The summed E-state index contributed by atoms with van der Waals surface area (Å²) in [6, 6.07) is 9.86. The molecule has 0 aliphatic carbocycles. The molecular weight excluding hydrogens is 415 g/mol. The minimum Gasteiger partial charge on any atom is -0.495 e. The van der Waals surface area contributed by atoms with Crippen LogP contribution in [0.4, 0.5) is 11.4 Å². The predicted octanol–water partition coefficient (Wildman–Crippen LogP) is 3.27. The lowest BCUT2D eigenvalue weighted by Crippen LogP contribution is -2.34. The number of carbonyl (C=O) groups is 2. The van der Waals surface area contributed by atoms with E-state index >= 15 is 0 Å². The van der Waals surface area contributed by atoms with Crippen molar-refractivity contribution in [2.24, 2.45) is 0 Å². The molecule has 0 bridgehead atoms. The Bertz CT molecular complexity index is 962. The molecule has 0 fully saturated rings.